The van der Waals surface area contributed by atoms with Gasteiger partial charge in [0, 0.05) is 54.9 Å². The zero-order valence-electron chi connectivity index (χ0n) is 15.2. The maximum atomic E-state index is 12.9. The van der Waals surface area contributed by atoms with Crippen molar-refractivity contribution in [2.75, 3.05) is 13.1 Å². The molecule has 1 aromatic carbocycles. The van der Waals surface area contributed by atoms with E-state index in [0.717, 1.165) is 53.9 Å². The van der Waals surface area contributed by atoms with E-state index in [9.17, 15) is 4.79 Å². The normalized spacial score (nSPS) is 15.7. The van der Waals surface area contributed by atoms with Crippen LogP contribution in [0.3, 0.4) is 0 Å². The highest BCUT2D eigenvalue weighted by atomic mass is 16.2. The standard InChI is InChI=1S/C21H21N5O/c1-24-11-7-16-14-17(5-6-18(16)24)21(27)25-12-8-15(9-13-25)20-23-22-19-4-2-3-10-26(19)20/h2-7,10-11,14-15H,8-9,12-13H2,1H3. The molecule has 1 saturated heterocycles. The Bertz CT molecular complexity index is 1130. The predicted molar refractivity (Wildman–Crippen MR) is 104 cm³/mol. The van der Waals surface area contributed by atoms with Crippen LogP contribution in [-0.2, 0) is 7.05 Å². The molecule has 3 aromatic heterocycles. The average Bonchev–Trinajstić information content (AvgIpc) is 3.31. The lowest BCUT2D eigenvalue weighted by Crippen LogP contribution is -2.38. The molecule has 4 aromatic rings. The van der Waals surface area contributed by atoms with Gasteiger partial charge in [-0.1, -0.05) is 6.07 Å². The number of piperidine rings is 1. The highest BCUT2D eigenvalue weighted by Gasteiger charge is 2.27. The Morgan fingerprint density at radius 3 is 2.74 bits per heavy atom. The van der Waals surface area contributed by atoms with Gasteiger partial charge in [-0.3, -0.25) is 9.20 Å². The molecule has 0 unspecified atom stereocenters. The summed E-state index contributed by atoms with van der Waals surface area (Å²) in [6.45, 7) is 1.50. The zero-order valence-corrected chi connectivity index (χ0v) is 15.2. The fourth-order valence-electron chi connectivity index (χ4n) is 4.08. The van der Waals surface area contributed by atoms with Crippen molar-refractivity contribution in [3.05, 3.63) is 66.2 Å². The molecule has 1 aliphatic heterocycles. The molecule has 136 valence electrons. The Kier molecular flexibility index (Phi) is 3.70. The molecule has 5 rings (SSSR count). The summed E-state index contributed by atoms with van der Waals surface area (Å²) in [7, 11) is 2.02. The SMILES string of the molecule is Cn1ccc2cc(C(=O)N3CCC(c4nnc5ccccn45)CC3)ccc21. The minimum atomic E-state index is 0.116. The summed E-state index contributed by atoms with van der Waals surface area (Å²) in [5.41, 5.74) is 2.78. The van der Waals surface area contributed by atoms with Gasteiger partial charge < -0.3 is 9.47 Å². The third-order valence-electron chi connectivity index (χ3n) is 5.62. The first-order chi connectivity index (χ1) is 13.2. The number of hydrogen-bond donors (Lipinski definition) is 0. The van der Waals surface area contributed by atoms with E-state index >= 15 is 0 Å². The molecule has 0 aliphatic carbocycles. The summed E-state index contributed by atoms with van der Waals surface area (Å²) in [6.07, 6.45) is 5.86. The van der Waals surface area contributed by atoms with E-state index in [-0.39, 0.29) is 5.91 Å². The van der Waals surface area contributed by atoms with Crippen molar-refractivity contribution in [3.8, 4) is 0 Å². The predicted octanol–water partition coefficient (Wildman–Crippen LogP) is 3.24. The molecule has 0 bridgehead atoms. The van der Waals surface area contributed by atoms with E-state index in [0.29, 0.717) is 5.92 Å². The van der Waals surface area contributed by atoms with E-state index in [1.807, 2.05) is 60.7 Å². The first kappa shape index (κ1) is 16.1. The third-order valence-corrected chi connectivity index (χ3v) is 5.62. The number of rotatable bonds is 2. The summed E-state index contributed by atoms with van der Waals surface area (Å²) in [5, 5.41) is 9.75. The maximum Gasteiger partial charge on any atom is 0.253 e. The smallest absolute Gasteiger partial charge is 0.253 e. The van der Waals surface area contributed by atoms with Gasteiger partial charge in [-0.2, -0.15) is 0 Å². The second-order valence-electron chi connectivity index (χ2n) is 7.25. The minimum absolute atomic E-state index is 0.116. The average molecular weight is 359 g/mol. The summed E-state index contributed by atoms with van der Waals surface area (Å²) in [4.78, 5) is 14.9. The second-order valence-corrected chi connectivity index (χ2v) is 7.25. The second kappa shape index (κ2) is 6.23. The number of nitrogens with zero attached hydrogens (tertiary/aromatic N) is 5. The van der Waals surface area contributed by atoms with E-state index in [4.69, 9.17) is 0 Å². The van der Waals surface area contributed by atoms with Crippen molar-refractivity contribution >= 4 is 22.5 Å². The molecule has 0 radical (unpaired) electrons. The largest absolute Gasteiger partial charge is 0.351 e. The molecule has 6 heteroatoms. The third kappa shape index (κ3) is 2.68. The lowest BCUT2D eigenvalue weighted by molar-refractivity contribution is 0.0711. The molecule has 1 amide bonds. The first-order valence-corrected chi connectivity index (χ1v) is 9.35. The molecule has 6 nitrogen and oxygen atoms in total. The molecule has 0 saturated carbocycles. The Balaban J connectivity index is 1.32. The summed E-state index contributed by atoms with van der Waals surface area (Å²) < 4.78 is 4.13. The van der Waals surface area contributed by atoms with Crippen LogP contribution < -0.4 is 0 Å². The highest BCUT2D eigenvalue weighted by Crippen LogP contribution is 2.28. The monoisotopic (exact) mass is 359 g/mol. The van der Waals surface area contributed by atoms with E-state index in [1.165, 1.54) is 0 Å². The number of aromatic nitrogens is 4. The van der Waals surface area contributed by atoms with Gasteiger partial charge in [0.05, 0.1) is 0 Å². The van der Waals surface area contributed by atoms with Crippen molar-refractivity contribution < 1.29 is 4.79 Å². The molecular weight excluding hydrogens is 338 g/mol. The number of fused-ring (bicyclic) bond motifs is 2. The van der Waals surface area contributed by atoms with E-state index < -0.39 is 0 Å². The minimum Gasteiger partial charge on any atom is -0.351 e. The fraction of sp³-hybridized carbons (Fsp3) is 0.286. The lowest BCUT2D eigenvalue weighted by Gasteiger charge is -2.31. The Morgan fingerprint density at radius 1 is 1.04 bits per heavy atom. The zero-order chi connectivity index (χ0) is 18.4. The van der Waals surface area contributed by atoms with Gasteiger partial charge in [-0.15, -0.1) is 10.2 Å². The van der Waals surface area contributed by atoms with Crippen LogP contribution in [0.4, 0.5) is 0 Å². The van der Waals surface area contributed by atoms with Crippen molar-refractivity contribution in [1.82, 2.24) is 24.1 Å². The van der Waals surface area contributed by atoms with Crippen molar-refractivity contribution in [3.63, 3.8) is 0 Å². The van der Waals surface area contributed by atoms with Crippen molar-refractivity contribution in [2.45, 2.75) is 18.8 Å². The Hall–Kier alpha value is -3.15. The summed E-state index contributed by atoms with van der Waals surface area (Å²) >= 11 is 0. The van der Waals surface area contributed by atoms with Gasteiger partial charge in [0.1, 0.15) is 5.82 Å². The van der Waals surface area contributed by atoms with Crippen LogP contribution >= 0.6 is 0 Å². The number of likely N-dealkylation sites (tertiary alicyclic amines) is 1. The molecule has 0 spiro atoms. The van der Waals surface area contributed by atoms with E-state index in [2.05, 4.69) is 25.2 Å². The Labute approximate surface area is 157 Å². The van der Waals surface area contributed by atoms with Crippen LogP contribution in [0.5, 0.6) is 0 Å². The first-order valence-electron chi connectivity index (χ1n) is 9.35. The molecular formula is C21H21N5O. The number of benzene rings is 1. The number of aryl methyl sites for hydroxylation is 1. The quantitative estimate of drug-likeness (QED) is 0.552. The van der Waals surface area contributed by atoms with Gasteiger partial charge >= 0.3 is 0 Å². The number of pyridine rings is 1. The number of carbonyl (C=O) groups excluding carboxylic acids is 1. The van der Waals surface area contributed by atoms with Crippen molar-refractivity contribution in [2.24, 2.45) is 7.05 Å². The molecule has 1 aliphatic rings. The van der Waals surface area contributed by atoms with Gasteiger partial charge in [0.15, 0.2) is 5.65 Å². The Morgan fingerprint density at radius 2 is 1.89 bits per heavy atom. The van der Waals surface area contributed by atoms with Crippen molar-refractivity contribution in [1.29, 1.82) is 0 Å². The van der Waals surface area contributed by atoms with Crippen LogP contribution in [0, 0.1) is 0 Å². The van der Waals surface area contributed by atoms with Gasteiger partial charge in [0.25, 0.3) is 5.91 Å². The summed E-state index contributed by atoms with van der Waals surface area (Å²) in [5.74, 6) is 1.46. The van der Waals surface area contributed by atoms with Gasteiger partial charge in [0.2, 0.25) is 0 Å². The number of hydrogen-bond acceptors (Lipinski definition) is 3. The fourth-order valence-corrected chi connectivity index (χ4v) is 4.08. The van der Waals surface area contributed by atoms with Crippen LogP contribution in [-0.4, -0.2) is 43.1 Å². The van der Waals surface area contributed by atoms with E-state index in [1.54, 1.807) is 0 Å². The molecule has 0 N–H and O–H groups in total. The summed E-state index contributed by atoms with van der Waals surface area (Å²) in [6, 6.07) is 13.9. The van der Waals surface area contributed by atoms with Crippen LogP contribution in [0.15, 0.2) is 54.9 Å². The lowest BCUT2D eigenvalue weighted by atomic mass is 9.95. The number of carbonyl (C=O) groups is 1. The molecule has 27 heavy (non-hydrogen) atoms. The van der Waals surface area contributed by atoms with Crippen LogP contribution in [0.1, 0.15) is 34.9 Å². The highest BCUT2D eigenvalue weighted by molar-refractivity contribution is 5.98. The van der Waals surface area contributed by atoms with Gasteiger partial charge in [-0.05, 0) is 49.2 Å². The molecule has 4 heterocycles. The van der Waals surface area contributed by atoms with Crippen LogP contribution in [0.25, 0.3) is 16.6 Å². The molecule has 1 fully saturated rings. The maximum absolute atomic E-state index is 12.9. The molecule has 0 atom stereocenters. The van der Waals surface area contributed by atoms with Crippen LogP contribution in [0.2, 0.25) is 0 Å². The topological polar surface area (TPSA) is 55.4 Å². The van der Waals surface area contributed by atoms with Gasteiger partial charge in [-0.25, -0.2) is 0 Å². The number of amides is 1.